The topological polar surface area (TPSA) is 69.6 Å². The highest BCUT2D eigenvalue weighted by molar-refractivity contribution is 5.76. The van der Waals surface area contributed by atoms with Gasteiger partial charge >= 0.3 is 5.97 Å². The highest BCUT2D eigenvalue weighted by Crippen LogP contribution is 2.15. The molecular weight excluding hydrogens is 302 g/mol. The van der Waals surface area contributed by atoms with Crippen molar-refractivity contribution in [2.75, 3.05) is 13.1 Å². The Morgan fingerprint density at radius 3 is 1.88 bits per heavy atom. The maximum absolute atomic E-state index is 11.0. The maximum atomic E-state index is 11.0. The molecule has 0 radical (unpaired) electrons. The van der Waals surface area contributed by atoms with E-state index in [4.69, 9.17) is 5.11 Å². The van der Waals surface area contributed by atoms with Gasteiger partial charge in [-0.15, -0.1) is 0 Å². The van der Waals surface area contributed by atoms with Gasteiger partial charge in [0.25, 0.3) is 0 Å². The molecule has 2 rings (SSSR count). The van der Waals surface area contributed by atoms with E-state index >= 15 is 0 Å². The van der Waals surface area contributed by atoms with Crippen LogP contribution >= 0.6 is 0 Å². The van der Waals surface area contributed by atoms with Crippen LogP contribution < -0.4 is 5.32 Å². The molecule has 0 spiro atoms. The first kappa shape index (κ1) is 18.2. The van der Waals surface area contributed by atoms with Gasteiger partial charge in [0, 0.05) is 6.54 Å². The van der Waals surface area contributed by atoms with Gasteiger partial charge in [0.15, 0.2) is 5.60 Å². The summed E-state index contributed by atoms with van der Waals surface area (Å²) in [7, 11) is 0. The van der Waals surface area contributed by atoms with Gasteiger partial charge < -0.3 is 15.5 Å². The molecule has 0 aliphatic heterocycles. The molecule has 1 atom stereocenters. The molecule has 0 fully saturated rings. The standard InChI is InChI=1S/C20H25NO3/c1-20(24,19(22)23)15-21-14-18(12-16-8-4-2-5-9-16)13-17-10-6-3-7-11-17/h2-11,18,21,24H,12-15H2,1H3,(H,22,23). The van der Waals surface area contributed by atoms with E-state index < -0.39 is 11.6 Å². The summed E-state index contributed by atoms with van der Waals surface area (Å²) in [4.78, 5) is 11.0. The summed E-state index contributed by atoms with van der Waals surface area (Å²) in [5.74, 6) is -0.892. The zero-order valence-corrected chi connectivity index (χ0v) is 14.0. The molecule has 4 nitrogen and oxygen atoms in total. The van der Waals surface area contributed by atoms with Crippen LogP contribution in [0.1, 0.15) is 18.1 Å². The van der Waals surface area contributed by atoms with Gasteiger partial charge in [-0.2, -0.15) is 0 Å². The second kappa shape index (κ2) is 8.62. The summed E-state index contributed by atoms with van der Waals surface area (Å²) in [5.41, 5.74) is 0.764. The number of hydrogen-bond donors (Lipinski definition) is 3. The predicted molar refractivity (Wildman–Crippen MR) is 94.9 cm³/mol. The minimum Gasteiger partial charge on any atom is -0.479 e. The Morgan fingerprint density at radius 1 is 1.00 bits per heavy atom. The van der Waals surface area contributed by atoms with Gasteiger partial charge in [0.1, 0.15) is 0 Å². The average molecular weight is 327 g/mol. The van der Waals surface area contributed by atoms with Crippen molar-refractivity contribution in [3.8, 4) is 0 Å². The number of hydrogen-bond acceptors (Lipinski definition) is 3. The van der Waals surface area contributed by atoms with Gasteiger partial charge in [-0.25, -0.2) is 4.79 Å². The summed E-state index contributed by atoms with van der Waals surface area (Å²) in [6, 6.07) is 20.5. The van der Waals surface area contributed by atoms with E-state index in [9.17, 15) is 9.90 Å². The van der Waals surface area contributed by atoms with Crippen molar-refractivity contribution >= 4 is 5.97 Å². The van der Waals surface area contributed by atoms with Crippen molar-refractivity contribution in [2.45, 2.75) is 25.4 Å². The summed E-state index contributed by atoms with van der Waals surface area (Å²) in [5, 5.41) is 21.9. The van der Waals surface area contributed by atoms with Crippen LogP contribution in [0.5, 0.6) is 0 Å². The third-order valence-electron chi connectivity index (χ3n) is 4.10. The fourth-order valence-electron chi connectivity index (χ4n) is 2.71. The van der Waals surface area contributed by atoms with Gasteiger partial charge in [-0.3, -0.25) is 0 Å². The largest absolute Gasteiger partial charge is 0.479 e. The summed E-state index contributed by atoms with van der Waals surface area (Å²) < 4.78 is 0. The quantitative estimate of drug-likeness (QED) is 0.662. The van der Waals surface area contributed by atoms with Gasteiger partial charge in [-0.1, -0.05) is 60.7 Å². The molecule has 0 bridgehead atoms. The molecule has 0 heterocycles. The monoisotopic (exact) mass is 327 g/mol. The average Bonchev–Trinajstić information content (AvgIpc) is 2.56. The van der Waals surface area contributed by atoms with Crippen molar-refractivity contribution in [1.82, 2.24) is 5.32 Å². The first-order valence-electron chi connectivity index (χ1n) is 8.22. The lowest BCUT2D eigenvalue weighted by atomic mass is 9.92. The van der Waals surface area contributed by atoms with Crippen molar-refractivity contribution in [3.63, 3.8) is 0 Å². The van der Waals surface area contributed by atoms with Crippen molar-refractivity contribution in [1.29, 1.82) is 0 Å². The van der Waals surface area contributed by atoms with Crippen molar-refractivity contribution in [2.24, 2.45) is 5.92 Å². The number of carbonyl (C=O) groups is 1. The minimum atomic E-state index is -1.75. The first-order chi connectivity index (χ1) is 11.5. The van der Waals surface area contributed by atoms with Crippen LogP contribution in [0.25, 0.3) is 0 Å². The van der Waals surface area contributed by atoms with Crippen LogP contribution in [-0.4, -0.2) is 34.9 Å². The molecule has 1 unspecified atom stereocenters. The van der Waals surface area contributed by atoms with Crippen LogP contribution in [0.15, 0.2) is 60.7 Å². The smallest absolute Gasteiger partial charge is 0.336 e. The van der Waals surface area contributed by atoms with E-state index in [0.29, 0.717) is 12.5 Å². The Labute approximate surface area is 143 Å². The lowest BCUT2D eigenvalue weighted by Gasteiger charge is -2.22. The third-order valence-corrected chi connectivity index (χ3v) is 4.10. The van der Waals surface area contributed by atoms with E-state index in [1.54, 1.807) is 0 Å². The van der Waals surface area contributed by atoms with E-state index in [1.807, 2.05) is 36.4 Å². The Kier molecular flexibility index (Phi) is 6.53. The summed E-state index contributed by atoms with van der Waals surface area (Å²) in [6.45, 7) is 1.99. The fourth-order valence-corrected chi connectivity index (χ4v) is 2.71. The number of carboxylic acid groups (broad SMARTS) is 1. The fraction of sp³-hybridized carbons (Fsp3) is 0.350. The molecule has 4 heteroatoms. The number of aliphatic hydroxyl groups is 1. The Morgan fingerprint density at radius 2 is 1.46 bits per heavy atom. The molecule has 24 heavy (non-hydrogen) atoms. The Bertz CT molecular complexity index is 584. The van der Waals surface area contributed by atoms with E-state index in [1.165, 1.54) is 18.1 Å². The Balaban J connectivity index is 1.98. The number of benzene rings is 2. The van der Waals surface area contributed by atoms with Gasteiger partial charge in [0.05, 0.1) is 0 Å². The molecular formula is C20H25NO3. The molecule has 2 aromatic rings. The highest BCUT2D eigenvalue weighted by Gasteiger charge is 2.29. The molecule has 0 aromatic heterocycles. The van der Waals surface area contributed by atoms with Crippen LogP contribution in [0.3, 0.4) is 0 Å². The van der Waals surface area contributed by atoms with Crippen molar-refractivity contribution in [3.05, 3.63) is 71.8 Å². The van der Waals surface area contributed by atoms with E-state index in [0.717, 1.165) is 12.8 Å². The molecule has 0 aliphatic carbocycles. The normalized spacial score (nSPS) is 13.6. The van der Waals surface area contributed by atoms with Gasteiger partial charge in [-0.05, 0) is 43.4 Å². The van der Waals surface area contributed by atoms with Crippen LogP contribution in [-0.2, 0) is 17.6 Å². The van der Waals surface area contributed by atoms with Gasteiger partial charge in [0.2, 0.25) is 0 Å². The zero-order valence-electron chi connectivity index (χ0n) is 14.0. The number of aliphatic carboxylic acids is 1. The molecule has 0 aliphatic rings. The van der Waals surface area contributed by atoms with E-state index in [-0.39, 0.29) is 6.54 Å². The number of nitrogens with one attached hydrogen (secondary N) is 1. The van der Waals surface area contributed by atoms with Crippen LogP contribution in [0.2, 0.25) is 0 Å². The summed E-state index contributed by atoms with van der Waals surface area (Å²) in [6.07, 6.45) is 1.80. The molecule has 2 aromatic carbocycles. The molecule has 0 saturated carbocycles. The second-order valence-electron chi connectivity index (χ2n) is 6.46. The number of rotatable bonds is 9. The zero-order chi connectivity index (χ0) is 17.4. The van der Waals surface area contributed by atoms with Crippen molar-refractivity contribution < 1.29 is 15.0 Å². The summed E-state index contributed by atoms with van der Waals surface area (Å²) >= 11 is 0. The molecule has 0 saturated heterocycles. The minimum absolute atomic E-state index is 0.0302. The first-order valence-corrected chi connectivity index (χ1v) is 8.22. The van der Waals surface area contributed by atoms with E-state index in [2.05, 4.69) is 29.6 Å². The van der Waals surface area contributed by atoms with Crippen LogP contribution in [0.4, 0.5) is 0 Å². The third kappa shape index (κ3) is 5.80. The predicted octanol–water partition coefficient (Wildman–Crippen LogP) is 2.51. The molecule has 0 amide bonds. The van der Waals surface area contributed by atoms with Crippen LogP contribution in [0, 0.1) is 5.92 Å². The number of carboxylic acids is 1. The molecule has 128 valence electrons. The molecule has 3 N–H and O–H groups in total. The second-order valence-corrected chi connectivity index (χ2v) is 6.46. The Hall–Kier alpha value is -2.17. The lowest BCUT2D eigenvalue weighted by Crippen LogP contribution is -2.46. The maximum Gasteiger partial charge on any atom is 0.336 e. The highest BCUT2D eigenvalue weighted by atomic mass is 16.4. The SMILES string of the molecule is CC(O)(CNCC(Cc1ccccc1)Cc1ccccc1)C(=O)O. The lowest BCUT2D eigenvalue weighted by molar-refractivity contribution is -0.156.